The highest BCUT2D eigenvalue weighted by Crippen LogP contribution is 2.87. The van der Waals surface area contributed by atoms with Crippen LogP contribution in [0.4, 0.5) is 0 Å². The first kappa shape index (κ1) is 23.3. The smallest absolute Gasteiger partial charge is 0.308 e. The lowest BCUT2D eigenvalue weighted by Crippen LogP contribution is -2.55. The molecule has 34 heavy (non-hydrogen) atoms. The second kappa shape index (κ2) is 7.46. The van der Waals surface area contributed by atoms with Crippen LogP contribution in [0.3, 0.4) is 0 Å². The van der Waals surface area contributed by atoms with Crippen molar-refractivity contribution in [2.75, 3.05) is 7.11 Å². The van der Waals surface area contributed by atoms with Crippen molar-refractivity contribution in [1.29, 1.82) is 0 Å². The fourth-order valence-electron chi connectivity index (χ4n) is 11.1. The monoisotopic (exact) mass is 472 g/mol. The molecule has 10 atom stereocenters. The Morgan fingerprint density at radius 1 is 0.912 bits per heavy atom. The molecule has 6 rings (SSSR count). The molecule has 5 saturated carbocycles. The van der Waals surface area contributed by atoms with Gasteiger partial charge < -0.3 is 14.2 Å². The third kappa shape index (κ3) is 2.94. The van der Waals surface area contributed by atoms with Gasteiger partial charge in [-0.1, -0.05) is 20.8 Å². The van der Waals surface area contributed by atoms with Gasteiger partial charge in [0.05, 0.1) is 25.7 Å². The van der Waals surface area contributed by atoms with Crippen molar-refractivity contribution in [2.45, 2.75) is 117 Å². The second-order valence-electron chi connectivity index (χ2n) is 13.8. The van der Waals surface area contributed by atoms with Crippen molar-refractivity contribution in [3.8, 4) is 0 Å². The number of esters is 2. The Balaban J connectivity index is 1.23. The van der Waals surface area contributed by atoms with Crippen LogP contribution in [0.5, 0.6) is 0 Å². The molecule has 6 fully saturated rings. The molecule has 0 aromatic heterocycles. The molecule has 5 heteroatoms. The Labute approximate surface area is 205 Å². The van der Waals surface area contributed by atoms with Crippen LogP contribution in [0.2, 0.25) is 0 Å². The lowest BCUT2D eigenvalue weighted by molar-refractivity contribution is -0.173. The molecule has 1 aliphatic heterocycles. The molecule has 5 nitrogen and oxygen atoms in total. The summed E-state index contributed by atoms with van der Waals surface area (Å²) in [5, 5.41) is 0. The third-order valence-electron chi connectivity index (χ3n) is 12.5. The molecule has 8 unspecified atom stereocenters. The second-order valence-corrected chi connectivity index (χ2v) is 13.8. The van der Waals surface area contributed by atoms with E-state index in [4.69, 9.17) is 14.2 Å². The van der Waals surface area contributed by atoms with Gasteiger partial charge in [0.1, 0.15) is 6.10 Å². The minimum atomic E-state index is -0.144. The minimum absolute atomic E-state index is 0.0340. The van der Waals surface area contributed by atoms with E-state index in [9.17, 15) is 9.59 Å². The summed E-state index contributed by atoms with van der Waals surface area (Å²) in [5.41, 5.74) is 1.43. The van der Waals surface area contributed by atoms with Gasteiger partial charge in [-0.05, 0) is 104 Å². The number of hydrogen-bond donors (Lipinski definition) is 0. The van der Waals surface area contributed by atoms with Crippen LogP contribution in [0, 0.1) is 45.3 Å². The number of ether oxygens (including phenoxy) is 3. The van der Waals surface area contributed by atoms with E-state index >= 15 is 0 Å². The first-order chi connectivity index (χ1) is 16.1. The highest BCUT2D eigenvalue weighted by molar-refractivity contribution is 5.69. The van der Waals surface area contributed by atoms with Crippen LogP contribution in [-0.2, 0) is 23.8 Å². The summed E-state index contributed by atoms with van der Waals surface area (Å²) >= 11 is 0. The lowest BCUT2D eigenvalue weighted by atomic mass is 9.46. The maximum atomic E-state index is 11.9. The van der Waals surface area contributed by atoms with Crippen LogP contribution in [0.1, 0.15) is 98.3 Å². The third-order valence-corrected chi connectivity index (χ3v) is 12.5. The molecule has 6 aliphatic rings. The quantitative estimate of drug-likeness (QED) is 0.494. The number of carbonyl (C=O) groups excluding carboxylic acids is 2. The molecule has 0 aromatic carbocycles. The van der Waals surface area contributed by atoms with E-state index in [1.807, 2.05) is 0 Å². The fraction of sp³-hybridized carbons (Fsp3) is 0.931. The minimum Gasteiger partial charge on any atom is -0.469 e. The van der Waals surface area contributed by atoms with Crippen molar-refractivity contribution < 1.29 is 23.8 Å². The van der Waals surface area contributed by atoms with Gasteiger partial charge in [0, 0.05) is 12.3 Å². The van der Waals surface area contributed by atoms with Gasteiger partial charge in [-0.25, -0.2) is 0 Å². The van der Waals surface area contributed by atoms with Gasteiger partial charge in [0.25, 0.3) is 0 Å². The molecule has 0 amide bonds. The summed E-state index contributed by atoms with van der Waals surface area (Å²) in [7, 11) is 1.47. The van der Waals surface area contributed by atoms with Crippen LogP contribution in [0.25, 0.3) is 0 Å². The first-order valence-corrected chi connectivity index (χ1v) is 14.0. The zero-order valence-electron chi connectivity index (χ0n) is 21.9. The highest BCUT2D eigenvalue weighted by Gasteiger charge is 2.80. The van der Waals surface area contributed by atoms with Crippen molar-refractivity contribution in [1.82, 2.24) is 0 Å². The molecule has 5 aliphatic carbocycles. The van der Waals surface area contributed by atoms with Crippen LogP contribution < -0.4 is 0 Å². The molecule has 0 aromatic rings. The topological polar surface area (TPSA) is 61.8 Å². The number of methoxy groups -OCH3 is 1. The summed E-state index contributed by atoms with van der Waals surface area (Å²) in [4.78, 5) is 23.7. The summed E-state index contributed by atoms with van der Waals surface area (Å²) in [6, 6.07) is 0. The van der Waals surface area contributed by atoms with Crippen molar-refractivity contribution in [2.24, 2.45) is 45.3 Å². The average molecular weight is 473 g/mol. The summed E-state index contributed by atoms with van der Waals surface area (Å²) in [5.74, 6) is 2.62. The van der Waals surface area contributed by atoms with E-state index in [1.165, 1.54) is 58.5 Å². The molecule has 190 valence electrons. The Hall–Kier alpha value is -1.10. The SMILES string of the molecule is COC(=O)CC1CCC2[C@H](CC3C4CCC5C(C)(C)[C@@H](OC(C)=O)CCC56CC46CCC32C)O1. The van der Waals surface area contributed by atoms with E-state index in [-0.39, 0.29) is 29.6 Å². The van der Waals surface area contributed by atoms with E-state index in [0.717, 1.165) is 24.7 Å². The zero-order chi connectivity index (χ0) is 24.1. The van der Waals surface area contributed by atoms with E-state index in [1.54, 1.807) is 6.92 Å². The largest absolute Gasteiger partial charge is 0.469 e. The highest BCUT2D eigenvalue weighted by atomic mass is 16.5. The van der Waals surface area contributed by atoms with Gasteiger partial charge in [-0.15, -0.1) is 0 Å². The summed E-state index contributed by atoms with van der Waals surface area (Å²) < 4.78 is 17.4. The average Bonchev–Trinajstić information content (AvgIpc) is 3.36. The van der Waals surface area contributed by atoms with Gasteiger partial charge in [-0.2, -0.15) is 0 Å². The van der Waals surface area contributed by atoms with Gasteiger partial charge >= 0.3 is 11.9 Å². The van der Waals surface area contributed by atoms with Crippen molar-refractivity contribution >= 4 is 11.9 Å². The predicted molar refractivity (Wildman–Crippen MR) is 128 cm³/mol. The van der Waals surface area contributed by atoms with E-state index in [0.29, 0.717) is 40.6 Å². The Morgan fingerprint density at radius 2 is 1.68 bits per heavy atom. The van der Waals surface area contributed by atoms with Crippen LogP contribution in [0.15, 0.2) is 0 Å². The number of fused-ring (bicyclic) bond motifs is 4. The molecule has 1 heterocycles. The molecular formula is C29H44O5. The molecule has 1 saturated heterocycles. The van der Waals surface area contributed by atoms with Crippen molar-refractivity contribution in [3.05, 3.63) is 0 Å². The van der Waals surface area contributed by atoms with Crippen molar-refractivity contribution in [3.63, 3.8) is 0 Å². The maximum absolute atomic E-state index is 11.9. The maximum Gasteiger partial charge on any atom is 0.308 e. The standard InChI is InChI=1S/C29H44O5/c1-17(30)33-24-10-11-29-16-28(29)13-12-27(4)20-7-6-18(14-25(31)32-5)34-22(20)15-21(27)19(28)8-9-23(29)26(24,2)3/h18-24H,6-16H2,1-5H3/t18?,19?,20?,21?,22-,23?,24-,27?,28?,29?/m0/s1. The molecule has 0 radical (unpaired) electrons. The molecule has 0 bridgehead atoms. The van der Waals surface area contributed by atoms with E-state index < -0.39 is 0 Å². The van der Waals surface area contributed by atoms with Gasteiger partial charge in [0.2, 0.25) is 0 Å². The number of carbonyl (C=O) groups is 2. The number of hydrogen-bond acceptors (Lipinski definition) is 5. The van der Waals surface area contributed by atoms with Crippen LogP contribution >= 0.6 is 0 Å². The normalized spacial score (nSPS) is 52.2. The molecular weight excluding hydrogens is 428 g/mol. The van der Waals surface area contributed by atoms with Crippen LogP contribution in [-0.4, -0.2) is 37.4 Å². The van der Waals surface area contributed by atoms with E-state index in [2.05, 4.69) is 20.8 Å². The number of rotatable bonds is 3. The lowest BCUT2D eigenvalue weighted by Gasteiger charge is -2.59. The van der Waals surface area contributed by atoms with Gasteiger partial charge in [-0.3, -0.25) is 9.59 Å². The predicted octanol–water partition coefficient (Wildman–Crippen LogP) is 5.69. The fourth-order valence-corrected chi connectivity index (χ4v) is 11.1. The molecule has 0 N–H and O–H groups in total. The molecule has 2 spiro atoms. The Kier molecular flexibility index (Phi) is 5.11. The Bertz CT molecular complexity index is 882. The Morgan fingerprint density at radius 3 is 2.41 bits per heavy atom. The summed E-state index contributed by atoms with van der Waals surface area (Å²) in [6.07, 6.45) is 13.2. The first-order valence-electron chi connectivity index (χ1n) is 14.0. The summed E-state index contributed by atoms with van der Waals surface area (Å²) in [6.45, 7) is 8.91. The zero-order valence-corrected chi connectivity index (χ0v) is 21.9. The van der Waals surface area contributed by atoms with Gasteiger partial charge in [0.15, 0.2) is 0 Å².